The van der Waals surface area contributed by atoms with E-state index in [9.17, 15) is 14.0 Å². The summed E-state index contributed by atoms with van der Waals surface area (Å²) in [6.45, 7) is 1.70. The van der Waals surface area contributed by atoms with Gasteiger partial charge >= 0.3 is 0 Å². The van der Waals surface area contributed by atoms with Crippen molar-refractivity contribution in [2.45, 2.75) is 18.1 Å². The van der Waals surface area contributed by atoms with Crippen LogP contribution < -0.4 is 10.6 Å². The van der Waals surface area contributed by atoms with Crippen molar-refractivity contribution in [2.24, 2.45) is 7.05 Å². The quantitative estimate of drug-likeness (QED) is 0.367. The van der Waals surface area contributed by atoms with Gasteiger partial charge in [-0.15, -0.1) is 10.2 Å². The molecule has 0 saturated carbocycles. The van der Waals surface area contributed by atoms with Crippen molar-refractivity contribution >= 4 is 29.3 Å². The molecule has 0 spiro atoms. The molecular formula is C22H20FN7O3S. The van der Waals surface area contributed by atoms with Gasteiger partial charge in [0.05, 0.1) is 5.75 Å². The summed E-state index contributed by atoms with van der Waals surface area (Å²) < 4.78 is 20.1. The average molecular weight is 482 g/mol. The number of halogens is 1. The van der Waals surface area contributed by atoms with E-state index in [1.165, 1.54) is 23.9 Å². The van der Waals surface area contributed by atoms with Crippen LogP contribution in [0.15, 0.2) is 64.5 Å². The van der Waals surface area contributed by atoms with Gasteiger partial charge in [0.25, 0.3) is 5.91 Å². The monoisotopic (exact) mass is 481 g/mol. The van der Waals surface area contributed by atoms with Crippen molar-refractivity contribution in [1.82, 2.24) is 30.2 Å². The number of anilines is 1. The summed E-state index contributed by atoms with van der Waals surface area (Å²) in [5, 5.41) is 17.7. The van der Waals surface area contributed by atoms with Crippen LogP contribution in [-0.2, 0) is 11.8 Å². The van der Waals surface area contributed by atoms with Crippen LogP contribution in [0.2, 0.25) is 0 Å². The summed E-state index contributed by atoms with van der Waals surface area (Å²) in [6, 6.07) is 11.7. The van der Waals surface area contributed by atoms with Gasteiger partial charge in [0.2, 0.25) is 17.6 Å². The second kappa shape index (κ2) is 10.3. The van der Waals surface area contributed by atoms with E-state index >= 15 is 0 Å². The van der Waals surface area contributed by atoms with Crippen LogP contribution in [0.25, 0.3) is 11.4 Å². The van der Waals surface area contributed by atoms with Crippen molar-refractivity contribution in [3.8, 4) is 11.4 Å². The summed E-state index contributed by atoms with van der Waals surface area (Å²) in [7, 11) is 1.79. The number of carbonyl (C=O) groups excluding carboxylic acids is 2. The molecule has 0 aliphatic rings. The maximum absolute atomic E-state index is 13.1. The Morgan fingerprint density at radius 3 is 2.74 bits per heavy atom. The largest absolute Gasteiger partial charge is 0.341 e. The van der Waals surface area contributed by atoms with Crippen LogP contribution in [-0.4, -0.2) is 42.5 Å². The number of aromatic nitrogens is 5. The van der Waals surface area contributed by atoms with E-state index in [1.54, 1.807) is 61.3 Å². The standard InChI is InChI=1S/C22H20FN7O3S/c1-13(21-27-19(29-33-21)14-6-8-16(23)9-7-14)25-20(32)15-4-3-5-17(10-15)26-18(31)11-34-22-28-24-12-30(22)2/h3-10,12-13H,11H2,1-2H3,(H,25,32)(H,26,31). The lowest BCUT2D eigenvalue weighted by Gasteiger charge is -2.11. The molecule has 2 aromatic carbocycles. The fourth-order valence-electron chi connectivity index (χ4n) is 2.94. The molecule has 2 heterocycles. The van der Waals surface area contributed by atoms with E-state index in [0.717, 1.165) is 0 Å². The molecule has 0 aliphatic heterocycles. The molecule has 2 N–H and O–H groups in total. The minimum absolute atomic E-state index is 0.146. The van der Waals surface area contributed by atoms with E-state index in [4.69, 9.17) is 4.52 Å². The molecule has 2 aromatic heterocycles. The number of nitrogens with one attached hydrogen (secondary N) is 2. The number of carbonyl (C=O) groups is 2. The van der Waals surface area contributed by atoms with Crippen LogP contribution in [0.5, 0.6) is 0 Å². The number of benzene rings is 2. The first-order valence-electron chi connectivity index (χ1n) is 10.2. The Hall–Kier alpha value is -4.06. The number of thioether (sulfide) groups is 1. The molecular weight excluding hydrogens is 461 g/mol. The molecule has 0 radical (unpaired) electrons. The average Bonchev–Trinajstić information content (AvgIpc) is 3.48. The van der Waals surface area contributed by atoms with Crippen molar-refractivity contribution in [1.29, 1.82) is 0 Å². The van der Waals surface area contributed by atoms with Crippen LogP contribution in [0.3, 0.4) is 0 Å². The predicted octanol–water partition coefficient (Wildman–Crippen LogP) is 3.23. The molecule has 10 nitrogen and oxygen atoms in total. The van der Waals surface area contributed by atoms with Gasteiger partial charge in [-0.05, 0) is 49.4 Å². The maximum Gasteiger partial charge on any atom is 0.251 e. The van der Waals surface area contributed by atoms with E-state index in [0.29, 0.717) is 27.8 Å². The fourth-order valence-corrected chi connectivity index (χ4v) is 3.63. The number of hydrogen-bond acceptors (Lipinski definition) is 8. The topological polar surface area (TPSA) is 128 Å². The zero-order valence-electron chi connectivity index (χ0n) is 18.2. The molecule has 0 bridgehead atoms. The second-order valence-electron chi connectivity index (χ2n) is 7.30. The van der Waals surface area contributed by atoms with Gasteiger partial charge < -0.3 is 19.7 Å². The van der Waals surface area contributed by atoms with Crippen LogP contribution >= 0.6 is 11.8 Å². The Kier molecular flexibility index (Phi) is 6.97. The summed E-state index contributed by atoms with van der Waals surface area (Å²) in [5.74, 6) is -0.335. The second-order valence-corrected chi connectivity index (χ2v) is 8.24. The van der Waals surface area contributed by atoms with Crippen molar-refractivity contribution in [3.63, 3.8) is 0 Å². The van der Waals surface area contributed by atoms with Gasteiger partial charge in [0.1, 0.15) is 18.2 Å². The molecule has 0 saturated heterocycles. The number of hydrogen-bond donors (Lipinski definition) is 2. The lowest BCUT2D eigenvalue weighted by atomic mass is 10.1. The number of nitrogens with zero attached hydrogens (tertiary/aromatic N) is 5. The highest BCUT2D eigenvalue weighted by Crippen LogP contribution is 2.20. The first kappa shape index (κ1) is 23.1. The number of aryl methyl sites for hydroxylation is 1. The van der Waals surface area contributed by atoms with Crippen molar-refractivity contribution in [2.75, 3.05) is 11.1 Å². The first-order chi connectivity index (χ1) is 16.4. The van der Waals surface area contributed by atoms with Crippen LogP contribution in [0.1, 0.15) is 29.2 Å². The maximum atomic E-state index is 13.1. The van der Waals surface area contributed by atoms with Gasteiger partial charge in [-0.25, -0.2) is 4.39 Å². The normalized spacial score (nSPS) is 11.7. The minimum Gasteiger partial charge on any atom is -0.341 e. The van der Waals surface area contributed by atoms with Crippen molar-refractivity contribution in [3.05, 3.63) is 72.1 Å². The predicted molar refractivity (Wildman–Crippen MR) is 122 cm³/mol. The highest BCUT2D eigenvalue weighted by Gasteiger charge is 2.19. The molecule has 34 heavy (non-hydrogen) atoms. The third kappa shape index (κ3) is 5.64. The highest BCUT2D eigenvalue weighted by molar-refractivity contribution is 7.99. The zero-order chi connectivity index (χ0) is 24.1. The van der Waals surface area contributed by atoms with E-state index in [2.05, 4.69) is 31.0 Å². The molecule has 4 aromatic rings. The Balaban J connectivity index is 1.35. The van der Waals surface area contributed by atoms with Crippen molar-refractivity contribution < 1.29 is 18.5 Å². The SMILES string of the molecule is CC(NC(=O)c1cccc(NC(=O)CSc2nncn2C)c1)c1nc(-c2ccc(F)cc2)no1. The smallest absolute Gasteiger partial charge is 0.251 e. The molecule has 1 atom stereocenters. The molecule has 174 valence electrons. The number of amides is 2. The molecule has 0 fully saturated rings. The Bertz CT molecular complexity index is 1310. The number of rotatable bonds is 8. The van der Waals surface area contributed by atoms with E-state index in [1.807, 2.05) is 0 Å². The Labute approximate surface area is 198 Å². The lowest BCUT2D eigenvalue weighted by Crippen LogP contribution is -2.27. The van der Waals surface area contributed by atoms with Gasteiger partial charge in [0.15, 0.2) is 5.16 Å². The molecule has 2 amide bonds. The van der Waals surface area contributed by atoms with Gasteiger partial charge in [-0.3, -0.25) is 9.59 Å². The van der Waals surface area contributed by atoms with Crippen LogP contribution in [0, 0.1) is 5.82 Å². The first-order valence-corrected chi connectivity index (χ1v) is 11.1. The van der Waals surface area contributed by atoms with E-state index < -0.39 is 6.04 Å². The fraction of sp³-hybridized carbons (Fsp3) is 0.182. The molecule has 1 unspecified atom stereocenters. The Morgan fingerprint density at radius 1 is 1.21 bits per heavy atom. The lowest BCUT2D eigenvalue weighted by molar-refractivity contribution is -0.113. The summed E-state index contributed by atoms with van der Waals surface area (Å²) in [5.41, 5.74) is 1.43. The summed E-state index contributed by atoms with van der Waals surface area (Å²) in [4.78, 5) is 29.3. The van der Waals surface area contributed by atoms with Gasteiger partial charge in [0, 0.05) is 23.9 Å². The highest BCUT2D eigenvalue weighted by atomic mass is 32.2. The summed E-state index contributed by atoms with van der Waals surface area (Å²) in [6.07, 6.45) is 1.56. The third-order valence-electron chi connectivity index (χ3n) is 4.67. The Morgan fingerprint density at radius 2 is 2.00 bits per heavy atom. The zero-order valence-corrected chi connectivity index (χ0v) is 19.0. The molecule has 12 heteroatoms. The third-order valence-corrected chi connectivity index (χ3v) is 5.71. The van der Waals surface area contributed by atoms with E-state index in [-0.39, 0.29) is 29.3 Å². The van der Waals surface area contributed by atoms with Gasteiger partial charge in [-0.2, -0.15) is 4.98 Å². The summed E-state index contributed by atoms with van der Waals surface area (Å²) >= 11 is 1.25. The van der Waals surface area contributed by atoms with Gasteiger partial charge in [-0.1, -0.05) is 23.0 Å². The minimum atomic E-state index is -0.574. The molecule has 4 rings (SSSR count). The molecule has 0 aliphatic carbocycles. The van der Waals surface area contributed by atoms with Crippen LogP contribution in [0.4, 0.5) is 10.1 Å².